The summed E-state index contributed by atoms with van der Waals surface area (Å²) in [4.78, 5) is 6.58. The van der Waals surface area contributed by atoms with Crippen molar-refractivity contribution in [3.63, 3.8) is 0 Å². The zero-order valence-corrected chi connectivity index (χ0v) is 18.5. The maximum Gasteiger partial charge on any atom is 0.202 e. The predicted molar refractivity (Wildman–Crippen MR) is 114 cm³/mol. The van der Waals surface area contributed by atoms with E-state index in [0.717, 1.165) is 54.6 Å². The molecule has 9 heteroatoms. The predicted octanol–water partition coefficient (Wildman–Crippen LogP) is 4.33. The first-order valence-electron chi connectivity index (χ1n) is 10.1. The Bertz CT molecular complexity index is 1090. The average Bonchev–Trinajstić information content (AvgIpc) is 3.02. The van der Waals surface area contributed by atoms with Gasteiger partial charge in [0.1, 0.15) is 5.82 Å². The Morgan fingerprint density at radius 1 is 1.37 bits per heavy atom. The summed E-state index contributed by atoms with van der Waals surface area (Å²) < 4.78 is 21.8. The number of aromatic nitrogens is 4. The first-order chi connectivity index (χ1) is 14.5. The fraction of sp³-hybridized carbons (Fsp3) is 0.476. The quantitative estimate of drug-likeness (QED) is 0.397. The fourth-order valence-corrected chi connectivity index (χ4v) is 5.67. The highest BCUT2D eigenvalue weighted by atomic mass is 35.5. The number of rotatable bonds is 7. The molecular formula is C21H23ClFN5OS. The highest BCUT2D eigenvalue weighted by molar-refractivity contribution is 7.99. The highest BCUT2D eigenvalue weighted by Crippen LogP contribution is 2.59. The Kier molecular flexibility index (Phi) is 5.11. The number of nitrogens with zero attached hydrogens (tertiary/aromatic N) is 5. The van der Waals surface area contributed by atoms with E-state index >= 15 is 0 Å². The van der Waals surface area contributed by atoms with Gasteiger partial charge < -0.3 is 13.9 Å². The molecule has 0 unspecified atom stereocenters. The molecule has 30 heavy (non-hydrogen) atoms. The van der Waals surface area contributed by atoms with Crippen LogP contribution in [0.4, 0.5) is 4.39 Å². The SMILES string of the molecule is Cc1ncoc1-c1nnc(SCCCN2C[C@@H]3C[C@]3(c3ccc(Cl)cc3F)C2)n1C. The largest absolute Gasteiger partial charge is 0.440 e. The molecule has 2 aromatic heterocycles. The van der Waals surface area contributed by atoms with Crippen molar-refractivity contribution in [2.45, 2.75) is 30.3 Å². The zero-order valence-electron chi connectivity index (χ0n) is 16.9. The number of oxazole rings is 1. The molecule has 2 atom stereocenters. The molecule has 3 heterocycles. The summed E-state index contributed by atoms with van der Waals surface area (Å²) in [5.41, 5.74) is 1.64. The summed E-state index contributed by atoms with van der Waals surface area (Å²) in [7, 11) is 1.94. The molecule has 1 aliphatic heterocycles. The minimum atomic E-state index is -0.164. The number of thioether (sulfide) groups is 1. The first kappa shape index (κ1) is 20.0. The number of aryl methyl sites for hydroxylation is 1. The maximum atomic E-state index is 14.4. The second kappa shape index (κ2) is 7.66. The molecule has 0 spiro atoms. The Morgan fingerprint density at radius 2 is 2.23 bits per heavy atom. The van der Waals surface area contributed by atoms with Gasteiger partial charge in [-0.05, 0) is 49.9 Å². The van der Waals surface area contributed by atoms with Crippen molar-refractivity contribution in [1.29, 1.82) is 0 Å². The maximum absolute atomic E-state index is 14.4. The van der Waals surface area contributed by atoms with E-state index in [1.54, 1.807) is 17.8 Å². The van der Waals surface area contributed by atoms with Gasteiger partial charge in [0.25, 0.3) is 0 Å². The van der Waals surface area contributed by atoms with E-state index in [0.29, 0.717) is 22.5 Å². The van der Waals surface area contributed by atoms with Crippen LogP contribution in [0.5, 0.6) is 0 Å². The van der Waals surface area contributed by atoms with Crippen LogP contribution in [-0.2, 0) is 12.5 Å². The van der Waals surface area contributed by atoms with Crippen molar-refractivity contribution in [3.8, 4) is 11.6 Å². The third-order valence-electron chi connectivity index (χ3n) is 6.32. The van der Waals surface area contributed by atoms with Crippen LogP contribution in [0, 0.1) is 18.7 Å². The molecule has 2 fully saturated rings. The lowest BCUT2D eigenvalue weighted by molar-refractivity contribution is 0.298. The van der Waals surface area contributed by atoms with Crippen molar-refractivity contribution in [2.75, 3.05) is 25.4 Å². The molecule has 0 N–H and O–H groups in total. The lowest BCUT2D eigenvalue weighted by atomic mass is 9.94. The van der Waals surface area contributed by atoms with Gasteiger partial charge in [-0.2, -0.15) is 0 Å². The van der Waals surface area contributed by atoms with Gasteiger partial charge in [0.05, 0.1) is 5.69 Å². The van der Waals surface area contributed by atoms with Gasteiger partial charge in [-0.15, -0.1) is 10.2 Å². The normalized spacial score (nSPS) is 23.1. The third kappa shape index (κ3) is 3.44. The van der Waals surface area contributed by atoms with Gasteiger partial charge >= 0.3 is 0 Å². The van der Waals surface area contributed by atoms with Crippen LogP contribution in [0.15, 0.2) is 34.2 Å². The molecule has 1 saturated heterocycles. The number of benzene rings is 1. The van der Waals surface area contributed by atoms with Crippen LogP contribution in [0.3, 0.4) is 0 Å². The molecule has 5 rings (SSSR count). The number of halogens is 2. The molecule has 0 bridgehead atoms. The molecule has 1 saturated carbocycles. The number of likely N-dealkylation sites (tertiary alicyclic amines) is 1. The van der Waals surface area contributed by atoms with Crippen LogP contribution in [0.1, 0.15) is 24.1 Å². The molecular weight excluding hydrogens is 425 g/mol. The van der Waals surface area contributed by atoms with Crippen molar-refractivity contribution in [3.05, 3.63) is 46.7 Å². The van der Waals surface area contributed by atoms with E-state index in [2.05, 4.69) is 20.1 Å². The molecule has 6 nitrogen and oxygen atoms in total. The number of fused-ring (bicyclic) bond motifs is 1. The van der Waals surface area contributed by atoms with Crippen molar-refractivity contribution in [1.82, 2.24) is 24.6 Å². The Morgan fingerprint density at radius 3 is 3.00 bits per heavy atom. The molecule has 0 radical (unpaired) electrons. The molecule has 0 amide bonds. The monoisotopic (exact) mass is 447 g/mol. The van der Waals surface area contributed by atoms with E-state index in [1.807, 2.05) is 24.6 Å². The lowest BCUT2D eigenvalue weighted by Crippen LogP contribution is -2.28. The lowest BCUT2D eigenvalue weighted by Gasteiger charge is -2.21. The van der Waals surface area contributed by atoms with Gasteiger partial charge in [0, 0.05) is 36.3 Å². The second-order valence-corrected chi connectivity index (χ2v) is 9.75. The Balaban J connectivity index is 1.14. The van der Waals surface area contributed by atoms with Crippen LogP contribution < -0.4 is 0 Å². The molecule has 1 aromatic carbocycles. The van der Waals surface area contributed by atoms with Gasteiger partial charge in [-0.1, -0.05) is 29.4 Å². The van der Waals surface area contributed by atoms with Crippen LogP contribution in [-0.4, -0.2) is 50.0 Å². The summed E-state index contributed by atoms with van der Waals surface area (Å²) in [6.07, 6.45) is 3.55. The van der Waals surface area contributed by atoms with Gasteiger partial charge in [0.15, 0.2) is 17.3 Å². The molecule has 2 aliphatic rings. The number of hydrogen-bond acceptors (Lipinski definition) is 6. The van der Waals surface area contributed by atoms with Crippen molar-refractivity contribution in [2.24, 2.45) is 13.0 Å². The first-order valence-corrected chi connectivity index (χ1v) is 11.4. The van der Waals surface area contributed by atoms with Crippen LogP contribution in [0.2, 0.25) is 5.02 Å². The van der Waals surface area contributed by atoms with E-state index in [-0.39, 0.29) is 11.2 Å². The van der Waals surface area contributed by atoms with Gasteiger partial charge in [-0.3, -0.25) is 0 Å². The van der Waals surface area contributed by atoms with Gasteiger partial charge in [-0.25, -0.2) is 9.37 Å². The minimum Gasteiger partial charge on any atom is -0.440 e. The number of piperidine rings is 1. The second-order valence-electron chi connectivity index (χ2n) is 8.25. The zero-order chi connectivity index (χ0) is 20.9. The third-order valence-corrected chi connectivity index (χ3v) is 7.66. The number of hydrogen-bond donors (Lipinski definition) is 0. The van der Waals surface area contributed by atoms with E-state index in [4.69, 9.17) is 16.0 Å². The Labute approximate surface area is 183 Å². The summed E-state index contributed by atoms with van der Waals surface area (Å²) in [5, 5.41) is 9.87. The summed E-state index contributed by atoms with van der Waals surface area (Å²) in [5.74, 6) is 2.70. The highest BCUT2D eigenvalue weighted by Gasteiger charge is 2.61. The van der Waals surface area contributed by atoms with Crippen molar-refractivity contribution < 1.29 is 8.81 Å². The summed E-state index contributed by atoms with van der Waals surface area (Å²) in [6, 6.07) is 5.12. The van der Waals surface area contributed by atoms with E-state index < -0.39 is 0 Å². The average molecular weight is 448 g/mol. The van der Waals surface area contributed by atoms with Crippen LogP contribution >= 0.6 is 23.4 Å². The van der Waals surface area contributed by atoms with E-state index in [9.17, 15) is 4.39 Å². The fourth-order valence-electron chi connectivity index (χ4n) is 4.67. The topological polar surface area (TPSA) is 60.0 Å². The summed E-state index contributed by atoms with van der Waals surface area (Å²) in [6.45, 7) is 4.88. The van der Waals surface area contributed by atoms with E-state index in [1.165, 1.54) is 12.5 Å². The van der Waals surface area contributed by atoms with Crippen LogP contribution in [0.25, 0.3) is 11.6 Å². The molecule has 3 aromatic rings. The van der Waals surface area contributed by atoms with Crippen molar-refractivity contribution >= 4 is 23.4 Å². The minimum absolute atomic E-state index is 0.00472. The van der Waals surface area contributed by atoms with Gasteiger partial charge in [0.2, 0.25) is 5.82 Å². The molecule has 1 aliphatic carbocycles. The summed E-state index contributed by atoms with van der Waals surface area (Å²) >= 11 is 7.62. The molecule has 158 valence electrons. The Hall–Kier alpha value is -1.90. The smallest absolute Gasteiger partial charge is 0.202 e. The standard InChI is InChI=1S/C21H23ClFN5OS/c1-13-18(29-12-24-13)19-25-26-20(27(19)2)30-7-3-6-28-10-14-9-21(14,11-28)16-5-4-15(22)8-17(16)23/h4-5,8,12,14H,3,6-7,9-11H2,1-2H3/t14-,21-/m0/s1.